The summed E-state index contributed by atoms with van der Waals surface area (Å²) in [6, 6.07) is 0. The first-order valence-electron chi connectivity index (χ1n) is 23.4. The predicted molar refractivity (Wildman–Crippen MR) is 220 cm³/mol. The van der Waals surface area contributed by atoms with Crippen molar-refractivity contribution in [3.8, 4) is 0 Å². The molecule has 0 aromatic rings. The van der Waals surface area contributed by atoms with Crippen molar-refractivity contribution in [2.45, 2.75) is 203 Å². The van der Waals surface area contributed by atoms with Gasteiger partial charge in [0.1, 0.15) is 61.0 Å². The Kier molecular flexibility index (Phi) is 13.0. The fraction of sp³-hybridized carbons (Fsp3) is 0.935. The number of rotatable bonds is 9. The van der Waals surface area contributed by atoms with E-state index in [2.05, 4.69) is 34.3 Å². The Labute approximate surface area is 369 Å². The highest BCUT2D eigenvalue weighted by molar-refractivity contribution is 5.76. The molecule has 5 aliphatic carbocycles. The minimum atomic E-state index is -1.78. The molecule has 0 aromatic heterocycles. The molecular formula is C46H74O17. The van der Waals surface area contributed by atoms with E-state index in [1.54, 1.807) is 6.92 Å². The highest BCUT2D eigenvalue weighted by Gasteiger charge is 2.72. The van der Waals surface area contributed by atoms with Crippen LogP contribution in [0.1, 0.15) is 106 Å². The van der Waals surface area contributed by atoms with Crippen LogP contribution in [0, 0.1) is 51.2 Å². The van der Waals surface area contributed by atoms with E-state index in [1.165, 1.54) is 6.92 Å². The second-order valence-electron chi connectivity index (χ2n) is 21.9. The van der Waals surface area contributed by atoms with E-state index in [9.17, 15) is 55.9 Å². The smallest absolute Gasteiger partial charge is 0.309 e. The number of carboxylic acid groups (broad SMARTS) is 1. The largest absolute Gasteiger partial charge is 0.481 e. The molecule has 0 unspecified atom stereocenters. The molecule has 5 saturated carbocycles. The van der Waals surface area contributed by atoms with Crippen molar-refractivity contribution in [2.75, 3.05) is 13.2 Å². The summed E-state index contributed by atoms with van der Waals surface area (Å²) in [5.74, 6) is -0.147. The third kappa shape index (κ3) is 7.32. The molecule has 0 aromatic carbocycles. The Morgan fingerprint density at radius 2 is 1.37 bits per heavy atom. The average Bonchev–Trinajstić information content (AvgIpc) is 3.64. The van der Waals surface area contributed by atoms with Crippen LogP contribution in [0.3, 0.4) is 0 Å². The minimum absolute atomic E-state index is 0.0432. The van der Waals surface area contributed by atoms with Gasteiger partial charge in [0.15, 0.2) is 18.9 Å². The summed E-state index contributed by atoms with van der Waals surface area (Å²) in [5.41, 5.74) is -1.56. The SMILES string of the molecule is C=C(C)[C@@H]1CC[C@]2(C(=O)O)CC[C@]3(C)[C@H](CC[C@@H]4[C@@]5(C)CC[C@H](O[C@@H]6OC[C@H](O[C@@H]7O[C@H](CO)[C@@H](O)[C@H](O)[C@H]7O)[C@H](O)[C@H]6O[C@@H]6O[C@@H](C)[C@H](O)[C@@H](O)[C@H]6O)[C@@](C)(O)[C@@H]5CC[C@]43C)[C@@H]12. The molecule has 0 amide bonds. The van der Waals surface area contributed by atoms with E-state index in [-0.39, 0.29) is 52.4 Å². The van der Waals surface area contributed by atoms with Crippen LogP contribution in [0.25, 0.3) is 0 Å². The Bertz CT molecular complexity index is 1700. The number of aliphatic carboxylic acids is 1. The van der Waals surface area contributed by atoms with Gasteiger partial charge in [0.05, 0.1) is 36.4 Å². The van der Waals surface area contributed by atoms with Gasteiger partial charge in [-0.3, -0.25) is 4.79 Å². The number of ether oxygens (including phenoxy) is 6. The molecule has 25 atom stereocenters. The molecule has 63 heavy (non-hydrogen) atoms. The molecule has 0 spiro atoms. The monoisotopic (exact) mass is 898 g/mol. The zero-order valence-electron chi connectivity index (χ0n) is 37.6. The van der Waals surface area contributed by atoms with Crippen LogP contribution in [0.4, 0.5) is 0 Å². The number of carbonyl (C=O) groups is 1. The molecule has 3 aliphatic heterocycles. The summed E-state index contributed by atoms with van der Waals surface area (Å²) in [6.45, 7) is 15.8. The fourth-order valence-electron chi connectivity index (χ4n) is 15.3. The molecule has 8 aliphatic rings. The number of aliphatic hydroxyl groups is 9. The van der Waals surface area contributed by atoms with Crippen molar-refractivity contribution in [2.24, 2.45) is 51.2 Å². The zero-order chi connectivity index (χ0) is 45.9. The molecule has 360 valence electrons. The van der Waals surface area contributed by atoms with Crippen molar-refractivity contribution in [1.29, 1.82) is 0 Å². The Morgan fingerprint density at radius 1 is 0.698 bits per heavy atom. The van der Waals surface area contributed by atoms with Crippen LogP contribution in [-0.2, 0) is 33.2 Å². The van der Waals surface area contributed by atoms with Crippen molar-refractivity contribution in [3.63, 3.8) is 0 Å². The highest BCUT2D eigenvalue weighted by Crippen LogP contribution is 2.77. The summed E-state index contributed by atoms with van der Waals surface area (Å²) in [7, 11) is 0. The minimum Gasteiger partial charge on any atom is -0.481 e. The summed E-state index contributed by atoms with van der Waals surface area (Å²) in [6.07, 6.45) is -14.6. The van der Waals surface area contributed by atoms with Gasteiger partial charge in [-0.05, 0) is 131 Å². The van der Waals surface area contributed by atoms with Crippen molar-refractivity contribution in [1.82, 2.24) is 0 Å². The maximum Gasteiger partial charge on any atom is 0.309 e. The van der Waals surface area contributed by atoms with E-state index in [1.807, 2.05) is 0 Å². The molecule has 10 N–H and O–H groups in total. The average molecular weight is 899 g/mol. The van der Waals surface area contributed by atoms with Gasteiger partial charge in [0.25, 0.3) is 0 Å². The molecule has 17 nitrogen and oxygen atoms in total. The van der Waals surface area contributed by atoms with E-state index in [0.29, 0.717) is 32.1 Å². The van der Waals surface area contributed by atoms with Gasteiger partial charge < -0.3 is 79.5 Å². The fourth-order valence-corrected chi connectivity index (χ4v) is 15.3. The van der Waals surface area contributed by atoms with Gasteiger partial charge in [-0.25, -0.2) is 0 Å². The van der Waals surface area contributed by atoms with E-state index < -0.39 is 116 Å². The quantitative estimate of drug-likeness (QED) is 0.114. The predicted octanol–water partition coefficient (Wildman–Crippen LogP) is 0.954. The van der Waals surface area contributed by atoms with Gasteiger partial charge in [-0.2, -0.15) is 0 Å². The lowest BCUT2D eigenvalue weighted by Crippen LogP contribution is -2.69. The van der Waals surface area contributed by atoms with E-state index >= 15 is 0 Å². The van der Waals surface area contributed by atoms with Crippen molar-refractivity contribution in [3.05, 3.63) is 12.2 Å². The van der Waals surface area contributed by atoms with Crippen LogP contribution in [0.5, 0.6) is 0 Å². The van der Waals surface area contributed by atoms with Gasteiger partial charge in [-0.1, -0.05) is 32.9 Å². The maximum absolute atomic E-state index is 13.1. The normalized spacial score (nSPS) is 57.0. The second-order valence-corrected chi connectivity index (χ2v) is 21.9. The number of fused-ring (bicyclic) bond motifs is 7. The van der Waals surface area contributed by atoms with Crippen LogP contribution < -0.4 is 0 Å². The lowest BCUT2D eigenvalue weighted by molar-refractivity contribution is -0.383. The molecule has 3 heterocycles. The Balaban J connectivity index is 1.03. The second kappa shape index (κ2) is 17.0. The molecular weight excluding hydrogens is 824 g/mol. The standard InChI is InChI=1S/C46H74O17/c1-20(2)22-10-15-46(41(55)56)17-16-43(5)23(29(22)46)8-9-26-42(4)13-12-28(45(7,57)27(42)11-14-44(26,43)6)62-40-37(63-38-35(53)33(51)30(48)21(3)59-38)32(50)25(19-58-40)61-39-36(54)34(52)31(49)24(18-47)60-39/h21-40,47-54,57H,1,8-19H2,2-7H3,(H,55,56)/t21-,22-,23+,24+,25-,26+,27+,28-,29+,30-,31+,32-,33+,34-,35+,36+,37+,38-,39-,40-,42+,43+,44+,45-,46-/m0/s1. The highest BCUT2D eigenvalue weighted by atomic mass is 16.8. The Morgan fingerprint density at radius 3 is 2.02 bits per heavy atom. The van der Waals surface area contributed by atoms with Crippen LogP contribution in [0.2, 0.25) is 0 Å². The summed E-state index contributed by atoms with van der Waals surface area (Å²) in [5, 5.41) is 108. The maximum atomic E-state index is 13.1. The Hall–Kier alpha value is -1.39. The molecule has 8 fully saturated rings. The van der Waals surface area contributed by atoms with Crippen LogP contribution >= 0.6 is 0 Å². The lowest BCUT2D eigenvalue weighted by Gasteiger charge is -2.72. The zero-order valence-corrected chi connectivity index (χ0v) is 37.6. The topological polar surface area (TPSA) is 275 Å². The lowest BCUT2D eigenvalue weighted by atomic mass is 9.33. The van der Waals surface area contributed by atoms with Crippen molar-refractivity contribution >= 4 is 5.97 Å². The summed E-state index contributed by atoms with van der Waals surface area (Å²) in [4.78, 5) is 13.1. The first kappa shape index (κ1) is 48.1. The molecule has 8 rings (SSSR count). The molecule has 3 saturated heterocycles. The molecule has 0 radical (unpaired) electrons. The van der Waals surface area contributed by atoms with Gasteiger partial charge in [0.2, 0.25) is 0 Å². The van der Waals surface area contributed by atoms with E-state index in [0.717, 1.165) is 37.7 Å². The summed E-state index contributed by atoms with van der Waals surface area (Å²) >= 11 is 0. The molecule has 0 bridgehead atoms. The first-order valence-corrected chi connectivity index (χ1v) is 23.4. The third-order valence-electron chi connectivity index (χ3n) is 19.0. The van der Waals surface area contributed by atoms with Crippen LogP contribution in [0.15, 0.2) is 12.2 Å². The number of hydrogen-bond donors (Lipinski definition) is 10. The van der Waals surface area contributed by atoms with E-state index in [4.69, 9.17) is 28.4 Å². The first-order chi connectivity index (χ1) is 29.5. The number of aliphatic hydroxyl groups excluding tert-OH is 8. The summed E-state index contributed by atoms with van der Waals surface area (Å²) < 4.78 is 36.2. The number of allylic oxidation sites excluding steroid dienone is 1. The third-order valence-corrected chi connectivity index (χ3v) is 19.0. The van der Waals surface area contributed by atoms with Gasteiger partial charge in [0, 0.05) is 0 Å². The number of hydrogen-bond acceptors (Lipinski definition) is 16. The van der Waals surface area contributed by atoms with Crippen LogP contribution in [-0.4, -0.2) is 168 Å². The van der Waals surface area contributed by atoms with Gasteiger partial charge >= 0.3 is 5.97 Å². The molecule has 17 heteroatoms. The van der Waals surface area contributed by atoms with Crippen molar-refractivity contribution < 1.29 is 84.3 Å². The van der Waals surface area contributed by atoms with Gasteiger partial charge in [-0.15, -0.1) is 0 Å². The number of carboxylic acids is 1.